The number of anilines is 2. The summed E-state index contributed by atoms with van der Waals surface area (Å²) >= 11 is 1.61. The van der Waals surface area contributed by atoms with Crippen molar-refractivity contribution in [2.24, 2.45) is 0 Å². The van der Waals surface area contributed by atoms with E-state index in [4.69, 9.17) is 10.5 Å². The molecule has 7 heteroatoms. The highest BCUT2D eigenvalue weighted by molar-refractivity contribution is 8.00. The number of nitrogen functional groups attached to an aromatic ring is 1. The molecule has 0 saturated carbocycles. The van der Waals surface area contributed by atoms with Crippen molar-refractivity contribution in [2.45, 2.75) is 25.4 Å². The Balaban J connectivity index is 0.00000200. The number of rotatable bonds is 5. The molecule has 1 saturated heterocycles. The van der Waals surface area contributed by atoms with Gasteiger partial charge in [0.2, 0.25) is 5.91 Å². The number of amides is 1. The number of nitrogens with one attached hydrogen (secondary N) is 1. The van der Waals surface area contributed by atoms with E-state index in [-0.39, 0.29) is 18.3 Å². The highest BCUT2D eigenvalue weighted by atomic mass is 35.5. The van der Waals surface area contributed by atoms with E-state index in [0.29, 0.717) is 23.4 Å². The summed E-state index contributed by atoms with van der Waals surface area (Å²) < 4.78 is 5.61. The first-order valence-corrected chi connectivity index (χ1v) is 7.60. The van der Waals surface area contributed by atoms with Gasteiger partial charge in [-0.2, -0.15) is 0 Å². The Kier molecular flexibility index (Phi) is 7.72. The molecule has 1 aromatic heterocycles. The van der Waals surface area contributed by atoms with E-state index in [9.17, 15) is 4.79 Å². The zero-order valence-electron chi connectivity index (χ0n) is 11.2. The predicted octanol–water partition coefficient (Wildman–Crippen LogP) is 2.33. The number of pyridine rings is 1. The lowest BCUT2D eigenvalue weighted by molar-refractivity contribution is -0.113. The van der Waals surface area contributed by atoms with E-state index in [1.54, 1.807) is 30.1 Å². The number of ether oxygens (including phenoxy) is 1. The summed E-state index contributed by atoms with van der Waals surface area (Å²) in [5.41, 5.74) is 6.15. The molecule has 2 rings (SSSR count). The highest BCUT2D eigenvalue weighted by Gasteiger charge is 2.14. The van der Waals surface area contributed by atoms with Gasteiger partial charge in [0.15, 0.2) is 0 Å². The molecule has 0 aromatic carbocycles. The second-order valence-corrected chi connectivity index (χ2v) is 5.55. The van der Waals surface area contributed by atoms with E-state index in [1.165, 1.54) is 6.42 Å². The summed E-state index contributed by atoms with van der Waals surface area (Å²) in [6.07, 6.45) is 5.36. The number of halogens is 1. The number of carbonyl (C=O) groups is 1. The van der Waals surface area contributed by atoms with Gasteiger partial charge in [-0.1, -0.05) is 0 Å². The molecule has 2 heterocycles. The first-order valence-electron chi connectivity index (χ1n) is 6.45. The number of thioether (sulfide) groups is 1. The van der Waals surface area contributed by atoms with E-state index in [2.05, 4.69) is 10.3 Å². The molecule has 112 valence electrons. The predicted molar refractivity (Wildman–Crippen MR) is 85.4 cm³/mol. The van der Waals surface area contributed by atoms with Crippen molar-refractivity contribution < 1.29 is 9.53 Å². The molecular formula is C13H20ClN3O2S. The van der Waals surface area contributed by atoms with Gasteiger partial charge >= 0.3 is 0 Å². The molecule has 1 atom stereocenters. The summed E-state index contributed by atoms with van der Waals surface area (Å²) in [4.78, 5) is 15.6. The molecule has 1 aliphatic heterocycles. The van der Waals surface area contributed by atoms with Crippen LogP contribution in [-0.2, 0) is 9.53 Å². The molecule has 20 heavy (non-hydrogen) atoms. The smallest absolute Gasteiger partial charge is 0.234 e. The Morgan fingerprint density at radius 3 is 3.00 bits per heavy atom. The molecule has 1 aromatic rings. The van der Waals surface area contributed by atoms with Crippen molar-refractivity contribution in [1.82, 2.24) is 4.98 Å². The van der Waals surface area contributed by atoms with Crippen LogP contribution in [0.4, 0.5) is 11.5 Å². The standard InChI is InChI=1S/C13H19N3O2S.ClH/c14-12-5-4-10(7-15-12)16-13(17)9-19-8-11-3-1-2-6-18-11;/h4-5,7,11H,1-3,6,8-9H2,(H2,14,15)(H,16,17);1H. The lowest BCUT2D eigenvalue weighted by atomic mass is 10.1. The van der Waals surface area contributed by atoms with Gasteiger partial charge in [0.1, 0.15) is 5.82 Å². The van der Waals surface area contributed by atoms with E-state index < -0.39 is 0 Å². The summed E-state index contributed by atoms with van der Waals surface area (Å²) in [5.74, 6) is 1.74. The maximum absolute atomic E-state index is 11.7. The largest absolute Gasteiger partial charge is 0.384 e. The first-order chi connectivity index (χ1) is 9.24. The van der Waals surface area contributed by atoms with Crippen molar-refractivity contribution >= 4 is 41.6 Å². The topological polar surface area (TPSA) is 77.2 Å². The lowest BCUT2D eigenvalue weighted by Gasteiger charge is -2.21. The number of nitrogens with zero attached hydrogens (tertiary/aromatic N) is 1. The van der Waals surface area contributed by atoms with Crippen LogP contribution >= 0.6 is 24.2 Å². The first kappa shape index (κ1) is 17.1. The molecule has 0 aliphatic carbocycles. The van der Waals surface area contributed by atoms with Crippen molar-refractivity contribution in [2.75, 3.05) is 29.2 Å². The molecule has 5 nitrogen and oxygen atoms in total. The van der Waals surface area contributed by atoms with Crippen molar-refractivity contribution in [3.8, 4) is 0 Å². The molecule has 0 radical (unpaired) electrons. The van der Waals surface area contributed by atoms with Gasteiger partial charge in [-0.3, -0.25) is 4.79 Å². The number of hydrogen-bond acceptors (Lipinski definition) is 5. The zero-order chi connectivity index (χ0) is 13.5. The molecule has 3 N–H and O–H groups in total. The van der Waals surface area contributed by atoms with E-state index in [0.717, 1.165) is 25.2 Å². The Morgan fingerprint density at radius 1 is 1.50 bits per heavy atom. The van der Waals surface area contributed by atoms with E-state index >= 15 is 0 Å². The second-order valence-electron chi connectivity index (χ2n) is 4.52. The quantitative estimate of drug-likeness (QED) is 0.871. The third-order valence-corrected chi connectivity index (χ3v) is 3.95. The molecule has 0 spiro atoms. The normalized spacial score (nSPS) is 18.1. The molecule has 1 unspecified atom stereocenters. The molecule has 1 amide bonds. The van der Waals surface area contributed by atoms with Crippen LogP contribution in [-0.4, -0.2) is 35.1 Å². The van der Waals surface area contributed by atoms with Crippen LogP contribution < -0.4 is 11.1 Å². The van der Waals surface area contributed by atoms with Crippen molar-refractivity contribution in [3.05, 3.63) is 18.3 Å². The van der Waals surface area contributed by atoms with Gasteiger partial charge in [-0.25, -0.2) is 4.98 Å². The summed E-state index contributed by atoms with van der Waals surface area (Å²) in [6.45, 7) is 0.856. The Labute approximate surface area is 129 Å². The lowest BCUT2D eigenvalue weighted by Crippen LogP contribution is -2.23. The van der Waals surface area contributed by atoms with Crippen molar-refractivity contribution in [3.63, 3.8) is 0 Å². The molecule has 1 aliphatic rings. The fourth-order valence-electron chi connectivity index (χ4n) is 1.90. The minimum atomic E-state index is -0.0209. The third-order valence-electron chi connectivity index (χ3n) is 2.88. The van der Waals surface area contributed by atoms with Gasteiger partial charge in [0, 0.05) is 12.4 Å². The number of carbonyl (C=O) groups excluding carboxylic acids is 1. The summed E-state index contributed by atoms with van der Waals surface area (Å²) in [7, 11) is 0. The van der Waals surface area contributed by atoms with Crippen LogP contribution in [0.1, 0.15) is 19.3 Å². The second kappa shape index (κ2) is 9.05. The average Bonchev–Trinajstić information content (AvgIpc) is 2.43. The Morgan fingerprint density at radius 2 is 2.35 bits per heavy atom. The van der Waals surface area contributed by atoms with E-state index in [1.807, 2.05) is 0 Å². The van der Waals surface area contributed by atoms with Gasteiger partial charge in [-0.05, 0) is 31.4 Å². The third kappa shape index (κ3) is 5.98. The maximum Gasteiger partial charge on any atom is 0.234 e. The fourth-order valence-corrected chi connectivity index (χ4v) is 2.80. The molecule has 1 fully saturated rings. The van der Waals surface area contributed by atoms with Crippen LogP contribution in [0.2, 0.25) is 0 Å². The molecular weight excluding hydrogens is 298 g/mol. The fraction of sp³-hybridized carbons (Fsp3) is 0.538. The van der Waals surface area contributed by atoms with Crippen LogP contribution in [0.3, 0.4) is 0 Å². The number of nitrogens with two attached hydrogens (primary N) is 1. The number of hydrogen-bond donors (Lipinski definition) is 2. The molecule has 0 bridgehead atoms. The Hall–Kier alpha value is -0.980. The average molecular weight is 318 g/mol. The SMILES string of the molecule is Cl.Nc1ccc(NC(=O)CSCC2CCCCO2)cn1. The zero-order valence-corrected chi connectivity index (χ0v) is 12.8. The highest BCUT2D eigenvalue weighted by Crippen LogP contribution is 2.17. The van der Waals surface area contributed by atoms with Gasteiger partial charge in [0.25, 0.3) is 0 Å². The summed E-state index contributed by atoms with van der Waals surface area (Å²) in [6, 6.07) is 3.41. The summed E-state index contributed by atoms with van der Waals surface area (Å²) in [5, 5.41) is 2.79. The minimum Gasteiger partial charge on any atom is -0.384 e. The van der Waals surface area contributed by atoms with Gasteiger partial charge in [0.05, 0.1) is 23.7 Å². The van der Waals surface area contributed by atoms with Crippen LogP contribution in [0.15, 0.2) is 18.3 Å². The number of aromatic nitrogens is 1. The Bertz CT molecular complexity index is 411. The van der Waals surface area contributed by atoms with Gasteiger partial charge in [-0.15, -0.1) is 24.2 Å². The van der Waals surface area contributed by atoms with Gasteiger partial charge < -0.3 is 15.8 Å². The maximum atomic E-state index is 11.7. The van der Waals surface area contributed by atoms with Crippen LogP contribution in [0, 0.1) is 0 Å². The minimum absolute atomic E-state index is 0. The van der Waals surface area contributed by atoms with Crippen LogP contribution in [0.25, 0.3) is 0 Å². The van der Waals surface area contributed by atoms with Crippen molar-refractivity contribution in [1.29, 1.82) is 0 Å². The van der Waals surface area contributed by atoms with Crippen LogP contribution in [0.5, 0.6) is 0 Å². The monoisotopic (exact) mass is 317 g/mol.